The Morgan fingerprint density at radius 3 is 2.58 bits per heavy atom. The molecule has 72 valence electrons. The molecule has 4 N–H and O–H groups in total. The van der Waals surface area contributed by atoms with Crippen LogP contribution in [0, 0.1) is 0 Å². The molecule has 1 aliphatic heterocycles. The molecule has 0 amide bonds. The second-order valence-corrected chi connectivity index (χ2v) is 3.30. The average Bonchev–Trinajstić information content (AvgIpc) is 2.17. The lowest BCUT2D eigenvalue weighted by Crippen LogP contribution is -2.49. The Bertz CT molecular complexity index is 125. The summed E-state index contributed by atoms with van der Waals surface area (Å²) >= 11 is 0. The molecule has 1 heterocycles. The molecule has 4 nitrogen and oxygen atoms in total. The maximum absolute atomic E-state index is 9.47. The van der Waals surface area contributed by atoms with Crippen LogP contribution in [0.1, 0.15) is 19.3 Å². The quantitative estimate of drug-likeness (QED) is 0.437. The van der Waals surface area contributed by atoms with Crippen molar-refractivity contribution in [1.29, 1.82) is 0 Å². The number of nitrogens with one attached hydrogen (secondary N) is 1. The molecule has 0 aliphatic carbocycles. The number of hydrogen-bond acceptors (Lipinski definition) is 4. The van der Waals surface area contributed by atoms with Crippen LogP contribution in [-0.2, 0) is 0 Å². The maximum Gasteiger partial charge on any atom is 0.104 e. The largest absolute Gasteiger partial charge is 0.394 e. The number of piperidine rings is 1. The fourth-order valence-electron chi connectivity index (χ4n) is 1.55. The first-order chi connectivity index (χ1) is 5.75. The fourth-order valence-corrected chi connectivity index (χ4v) is 1.55. The van der Waals surface area contributed by atoms with Gasteiger partial charge in [0, 0.05) is 6.04 Å². The molecule has 4 heteroatoms. The van der Waals surface area contributed by atoms with Gasteiger partial charge in [-0.2, -0.15) is 0 Å². The van der Waals surface area contributed by atoms with Gasteiger partial charge in [0.2, 0.25) is 0 Å². The average molecular weight is 175 g/mol. The van der Waals surface area contributed by atoms with E-state index in [0.717, 1.165) is 25.8 Å². The first kappa shape index (κ1) is 9.92. The standard InChI is InChI=1S/C8H17NO3/c10-5-7(11)8(12)6-3-1-2-4-9-6/h6-12H,1-5H2/t6-,7-,8-/m1/s1. The maximum atomic E-state index is 9.47. The Labute approximate surface area is 72.2 Å². The van der Waals surface area contributed by atoms with Crippen LogP contribution in [0.2, 0.25) is 0 Å². The van der Waals surface area contributed by atoms with E-state index < -0.39 is 12.2 Å². The second-order valence-electron chi connectivity index (χ2n) is 3.30. The summed E-state index contributed by atoms with van der Waals surface area (Å²) in [6.07, 6.45) is 1.22. The molecule has 3 atom stereocenters. The lowest BCUT2D eigenvalue weighted by molar-refractivity contribution is -0.0360. The van der Waals surface area contributed by atoms with Crippen molar-refractivity contribution in [1.82, 2.24) is 5.32 Å². The van der Waals surface area contributed by atoms with Crippen LogP contribution in [0.3, 0.4) is 0 Å². The van der Waals surface area contributed by atoms with Crippen molar-refractivity contribution in [3.63, 3.8) is 0 Å². The van der Waals surface area contributed by atoms with Crippen LogP contribution in [0.25, 0.3) is 0 Å². The molecule has 0 saturated carbocycles. The Hall–Kier alpha value is -0.160. The van der Waals surface area contributed by atoms with E-state index in [-0.39, 0.29) is 12.6 Å². The SMILES string of the molecule is OC[C@@H](O)[C@H](O)[C@H]1CCCCN1. The highest BCUT2D eigenvalue weighted by Gasteiger charge is 2.26. The van der Waals surface area contributed by atoms with Gasteiger partial charge in [0.25, 0.3) is 0 Å². The van der Waals surface area contributed by atoms with Crippen molar-refractivity contribution in [2.45, 2.75) is 37.5 Å². The van der Waals surface area contributed by atoms with Crippen LogP contribution >= 0.6 is 0 Å². The van der Waals surface area contributed by atoms with Gasteiger partial charge in [-0.15, -0.1) is 0 Å². The molecular weight excluding hydrogens is 158 g/mol. The molecule has 0 aromatic carbocycles. The summed E-state index contributed by atoms with van der Waals surface area (Å²) in [5.41, 5.74) is 0. The Morgan fingerprint density at radius 2 is 2.08 bits per heavy atom. The molecule has 1 rings (SSSR count). The highest BCUT2D eigenvalue weighted by Crippen LogP contribution is 2.12. The highest BCUT2D eigenvalue weighted by molar-refractivity contribution is 4.83. The van der Waals surface area contributed by atoms with Gasteiger partial charge in [-0.25, -0.2) is 0 Å². The molecule has 0 spiro atoms. The zero-order valence-corrected chi connectivity index (χ0v) is 7.11. The van der Waals surface area contributed by atoms with Gasteiger partial charge in [0.1, 0.15) is 6.10 Å². The number of rotatable bonds is 3. The van der Waals surface area contributed by atoms with E-state index in [9.17, 15) is 5.11 Å². The van der Waals surface area contributed by atoms with Crippen molar-refractivity contribution < 1.29 is 15.3 Å². The fraction of sp³-hybridized carbons (Fsp3) is 1.00. The minimum Gasteiger partial charge on any atom is -0.394 e. The molecule has 1 aliphatic rings. The highest BCUT2D eigenvalue weighted by atomic mass is 16.4. The third kappa shape index (κ3) is 2.42. The van der Waals surface area contributed by atoms with Crippen molar-refractivity contribution in [3.05, 3.63) is 0 Å². The second kappa shape index (κ2) is 4.77. The van der Waals surface area contributed by atoms with Crippen molar-refractivity contribution >= 4 is 0 Å². The predicted octanol–water partition coefficient (Wildman–Crippen LogP) is -1.16. The number of aliphatic hydroxyl groups excluding tert-OH is 3. The first-order valence-electron chi connectivity index (χ1n) is 4.46. The van der Waals surface area contributed by atoms with Crippen LogP contribution in [0.5, 0.6) is 0 Å². The summed E-state index contributed by atoms with van der Waals surface area (Å²) in [4.78, 5) is 0. The van der Waals surface area contributed by atoms with Crippen LogP contribution in [0.15, 0.2) is 0 Å². The molecule has 12 heavy (non-hydrogen) atoms. The summed E-state index contributed by atoms with van der Waals surface area (Å²) in [6.45, 7) is 0.513. The van der Waals surface area contributed by atoms with E-state index in [4.69, 9.17) is 10.2 Å². The van der Waals surface area contributed by atoms with E-state index in [0.29, 0.717) is 0 Å². The molecule has 0 radical (unpaired) electrons. The van der Waals surface area contributed by atoms with Gasteiger partial charge < -0.3 is 20.6 Å². The molecule has 0 bridgehead atoms. The van der Waals surface area contributed by atoms with Gasteiger partial charge in [0.05, 0.1) is 12.7 Å². The molecule has 0 aromatic heterocycles. The van der Waals surface area contributed by atoms with E-state index in [1.54, 1.807) is 0 Å². The Morgan fingerprint density at radius 1 is 1.33 bits per heavy atom. The summed E-state index contributed by atoms with van der Waals surface area (Å²) in [5.74, 6) is 0. The van der Waals surface area contributed by atoms with Gasteiger partial charge in [-0.1, -0.05) is 6.42 Å². The molecule has 0 unspecified atom stereocenters. The molecule has 1 saturated heterocycles. The minimum atomic E-state index is -1.01. The molecule has 0 aromatic rings. The van der Waals surface area contributed by atoms with E-state index in [1.165, 1.54) is 0 Å². The zero-order chi connectivity index (χ0) is 8.97. The van der Waals surface area contributed by atoms with E-state index in [2.05, 4.69) is 5.32 Å². The normalized spacial score (nSPS) is 29.8. The Balaban J connectivity index is 2.33. The minimum absolute atomic E-state index is 0.0547. The zero-order valence-electron chi connectivity index (χ0n) is 7.11. The lowest BCUT2D eigenvalue weighted by Gasteiger charge is -2.30. The third-order valence-corrected chi connectivity index (χ3v) is 2.34. The number of aliphatic hydroxyl groups is 3. The van der Waals surface area contributed by atoms with Gasteiger partial charge in [0.15, 0.2) is 0 Å². The third-order valence-electron chi connectivity index (χ3n) is 2.34. The topological polar surface area (TPSA) is 72.7 Å². The Kier molecular flexibility index (Phi) is 3.94. The van der Waals surface area contributed by atoms with E-state index in [1.807, 2.05) is 0 Å². The van der Waals surface area contributed by atoms with Crippen LogP contribution < -0.4 is 5.32 Å². The lowest BCUT2D eigenvalue weighted by atomic mass is 9.97. The van der Waals surface area contributed by atoms with Crippen LogP contribution in [0.4, 0.5) is 0 Å². The van der Waals surface area contributed by atoms with Gasteiger partial charge in [-0.05, 0) is 19.4 Å². The molecular formula is C8H17NO3. The van der Waals surface area contributed by atoms with Crippen molar-refractivity contribution in [3.8, 4) is 0 Å². The first-order valence-corrected chi connectivity index (χ1v) is 4.46. The van der Waals surface area contributed by atoms with Crippen molar-refractivity contribution in [2.75, 3.05) is 13.2 Å². The monoisotopic (exact) mass is 175 g/mol. The van der Waals surface area contributed by atoms with Crippen molar-refractivity contribution in [2.24, 2.45) is 0 Å². The smallest absolute Gasteiger partial charge is 0.104 e. The predicted molar refractivity (Wildman–Crippen MR) is 44.7 cm³/mol. The number of hydrogen-bond donors (Lipinski definition) is 4. The summed E-state index contributed by atoms with van der Waals surface area (Å²) in [5, 5.41) is 30.3. The van der Waals surface area contributed by atoms with Gasteiger partial charge >= 0.3 is 0 Å². The van der Waals surface area contributed by atoms with Gasteiger partial charge in [-0.3, -0.25) is 0 Å². The molecule has 1 fully saturated rings. The summed E-state index contributed by atoms with van der Waals surface area (Å²) in [7, 11) is 0. The summed E-state index contributed by atoms with van der Waals surface area (Å²) < 4.78 is 0. The van der Waals surface area contributed by atoms with E-state index >= 15 is 0 Å². The summed E-state index contributed by atoms with van der Waals surface area (Å²) in [6, 6.07) is -0.0547. The van der Waals surface area contributed by atoms with Crippen LogP contribution in [-0.4, -0.2) is 46.7 Å².